The topological polar surface area (TPSA) is 91.7 Å². The van der Waals surface area contributed by atoms with Crippen molar-refractivity contribution in [1.82, 2.24) is 0 Å². The van der Waals surface area contributed by atoms with Crippen LogP contribution in [0.25, 0.3) is 10.1 Å². The zero-order valence-corrected chi connectivity index (χ0v) is 13.3. The Bertz CT molecular complexity index is 723. The van der Waals surface area contributed by atoms with Gasteiger partial charge >= 0.3 is 35.5 Å². The second-order valence-electron chi connectivity index (χ2n) is 3.54. The van der Waals surface area contributed by atoms with Gasteiger partial charge in [-0.15, -0.1) is 11.3 Å². The van der Waals surface area contributed by atoms with E-state index in [4.69, 9.17) is 9.66 Å². The average molecular weight is 296 g/mol. The Hall–Kier alpha value is -0.440. The molecule has 18 heavy (non-hydrogen) atoms. The van der Waals surface area contributed by atoms with Gasteiger partial charge in [0.2, 0.25) is 0 Å². The van der Waals surface area contributed by atoms with Crippen LogP contribution < -0.4 is 29.6 Å². The van der Waals surface area contributed by atoms with Gasteiger partial charge in [-0.2, -0.15) is 8.42 Å². The van der Waals surface area contributed by atoms with Gasteiger partial charge in [0.25, 0.3) is 10.1 Å². The number of aryl methyl sites for hydroxylation is 1. The maximum Gasteiger partial charge on any atom is 1.00 e. The summed E-state index contributed by atoms with van der Waals surface area (Å²) in [6.07, 6.45) is 0. The van der Waals surface area contributed by atoms with Crippen LogP contribution in [-0.2, 0) is 10.1 Å². The molecule has 0 spiro atoms. The van der Waals surface area contributed by atoms with E-state index < -0.39 is 21.0 Å². The van der Waals surface area contributed by atoms with Crippen molar-refractivity contribution in [1.29, 1.82) is 0 Å². The number of benzene rings is 1. The molecule has 5 nitrogen and oxygen atoms in total. The van der Waals surface area contributed by atoms with Crippen molar-refractivity contribution in [3.8, 4) is 0 Å². The standard InChI is InChI=1S/C10H8O5S2.Na.H/c1-5-2-3-6-7(4-5)16-8(10(11)12)9(6)17(13,14)15;;/h2-4H,1H3,(H,11,12)(H,13,14,15);;/q;+1;-1. The van der Waals surface area contributed by atoms with Gasteiger partial charge in [-0.25, -0.2) is 4.79 Å². The van der Waals surface area contributed by atoms with Crippen LogP contribution in [0.4, 0.5) is 0 Å². The number of hydrogen-bond donors (Lipinski definition) is 2. The fourth-order valence-electron chi connectivity index (χ4n) is 1.58. The van der Waals surface area contributed by atoms with E-state index in [2.05, 4.69) is 0 Å². The molecule has 0 saturated heterocycles. The molecule has 1 heterocycles. The Morgan fingerprint density at radius 3 is 2.50 bits per heavy atom. The summed E-state index contributed by atoms with van der Waals surface area (Å²) in [6, 6.07) is 4.84. The minimum atomic E-state index is -4.55. The Morgan fingerprint density at radius 2 is 2.00 bits per heavy atom. The predicted octanol–water partition coefficient (Wildman–Crippen LogP) is -0.729. The van der Waals surface area contributed by atoms with Crippen molar-refractivity contribution in [2.75, 3.05) is 0 Å². The molecule has 0 bridgehead atoms. The van der Waals surface area contributed by atoms with E-state index in [1.165, 1.54) is 6.07 Å². The molecule has 0 aliphatic rings. The number of hydrogen-bond acceptors (Lipinski definition) is 4. The number of rotatable bonds is 2. The first-order valence-electron chi connectivity index (χ1n) is 4.54. The van der Waals surface area contributed by atoms with Crippen LogP contribution in [0.5, 0.6) is 0 Å². The van der Waals surface area contributed by atoms with E-state index in [-0.39, 0.29) is 41.2 Å². The molecule has 0 aliphatic carbocycles. The maximum absolute atomic E-state index is 11.2. The molecule has 8 heteroatoms. The summed E-state index contributed by atoms with van der Waals surface area (Å²) in [5.41, 5.74) is 0.887. The molecule has 0 atom stereocenters. The van der Waals surface area contributed by atoms with Gasteiger partial charge in [-0.05, 0) is 18.6 Å². The van der Waals surface area contributed by atoms with Gasteiger partial charge in [0, 0.05) is 10.1 Å². The van der Waals surface area contributed by atoms with Crippen LogP contribution in [-0.4, -0.2) is 24.0 Å². The van der Waals surface area contributed by atoms with Crippen LogP contribution in [0.2, 0.25) is 0 Å². The second-order valence-corrected chi connectivity index (χ2v) is 5.95. The summed E-state index contributed by atoms with van der Waals surface area (Å²) in [4.78, 5) is 10.1. The number of thiophene rings is 1. The number of fused-ring (bicyclic) bond motifs is 1. The third kappa shape index (κ3) is 2.76. The minimum absolute atomic E-state index is 0. The zero-order valence-electron chi connectivity index (χ0n) is 10.7. The third-order valence-electron chi connectivity index (χ3n) is 2.25. The molecular weight excluding hydrogens is 287 g/mol. The van der Waals surface area contributed by atoms with Gasteiger partial charge in [0.1, 0.15) is 9.77 Å². The summed E-state index contributed by atoms with van der Waals surface area (Å²) in [5.74, 6) is -1.36. The van der Waals surface area contributed by atoms with Crippen LogP contribution in [0.1, 0.15) is 16.7 Å². The first-order chi connectivity index (χ1) is 7.80. The summed E-state index contributed by atoms with van der Waals surface area (Å²) in [5, 5.41) is 9.17. The minimum Gasteiger partial charge on any atom is -1.00 e. The number of aromatic carboxylic acids is 1. The van der Waals surface area contributed by atoms with Gasteiger partial charge in [-0.3, -0.25) is 4.55 Å². The quantitative estimate of drug-likeness (QED) is 0.563. The van der Waals surface area contributed by atoms with Crippen LogP contribution in [0.3, 0.4) is 0 Å². The van der Waals surface area contributed by atoms with E-state index >= 15 is 0 Å². The Balaban J connectivity index is 0.00000162. The van der Waals surface area contributed by atoms with E-state index in [9.17, 15) is 13.2 Å². The molecule has 0 fully saturated rings. The van der Waals surface area contributed by atoms with Gasteiger partial charge in [-0.1, -0.05) is 12.1 Å². The van der Waals surface area contributed by atoms with Gasteiger partial charge in [0.05, 0.1) is 0 Å². The molecule has 1 aromatic heterocycles. The van der Waals surface area contributed by atoms with E-state index in [0.29, 0.717) is 4.70 Å². The number of carboxylic acids is 1. The molecule has 0 amide bonds. The van der Waals surface area contributed by atoms with Crippen LogP contribution >= 0.6 is 11.3 Å². The third-order valence-corrected chi connectivity index (χ3v) is 4.46. The van der Waals surface area contributed by atoms with E-state index in [1.54, 1.807) is 12.1 Å². The van der Waals surface area contributed by atoms with Crippen LogP contribution in [0, 0.1) is 6.92 Å². The molecule has 2 aromatic rings. The van der Waals surface area contributed by atoms with Crippen molar-refractivity contribution >= 4 is 37.5 Å². The molecule has 0 radical (unpaired) electrons. The van der Waals surface area contributed by atoms with E-state index in [1.807, 2.05) is 6.92 Å². The number of carboxylic acid groups (broad SMARTS) is 1. The SMILES string of the molecule is Cc1ccc2c(S(=O)(=O)O)c(C(=O)O)sc2c1.[H-].[Na+]. The van der Waals surface area contributed by atoms with Crippen molar-refractivity contribution in [3.05, 3.63) is 28.6 Å². The maximum atomic E-state index is 11.2. The van der Waals surface area contributed by atoms with Gasteiger partial charge < -0.3 is 6.53 Å². The Kier molecular flexibility index (Phi) is 4.58. The van der Waals surface area contributed by atoms with Crippen molar-refractivity contribution in [2.24, 2.45) is 0 Å². The largest absolute Gasteiger partial charge is 1.00 e. The summed E-state index contributed by atoms with van der Waals surface area (Å²) in [6.45, 7) is 1.81. The molecule has 0 saturated carbocycles. The molecule has 2 rings (SSSR count). The fourth-order valence-corrected chi connectivity index (χ4v) is 3.89. The second kappa shape index (κ2) is 5.28. The first-order valence-corrected chi connectivity index (χ1v) is 6.80. The molecule has 0 aliphatic heterocycles. The zero-order chi connectivity index (χ0) is 12.8. The first kappa shape index (κ1) is 15.6. The summed E-state index contributed by atoms with van der Waals surface area (Å²) < 4.78 is 32.0. The van der Waals surface area contributed by atoms with Gasteiger partial charge in [0.15, 0.2) is 0 Å². The van der Waals surface area contributed by atoms with Crippen LogP contribution in [0.15, 0.2) is 23.1 Å². The Morgan fingerprint density at radius 1 is 1.39 bits per heavy atom. The fraction of sp³-hybridized carbons (Fsp3) is 0.100. The molecule has 0 unspecified atom stereocenters. The summed E-state index contributed by atoms with van der Waals surface area (Å²) >= 11 is 0.834. The normalized spacial score (nSPS) is 11.2. The molecule has 2 N–H and O–H groups in total. The smallest absolute Gasteiger partial charge is 1.00 e. The van der Waals surface area contributed by atoms with E-state index in [0.717, 1.165) is 16.9 Å². The Labute approximate surface area is 131 Å². The van der Waals surface area contributed by atoms with Crippen molar-refractivity contribution in [2.45, 2.75) is 11.8 Å². The summed E-state index contributed by atoms with van der Waals surface area (Å²) in [7, 11) is -4.55. The molecule has 1 aromatic carbocycles. The van der Waals surface area contributed by atoms with Crippen molar-refractivity contribution < 1.29 is 53.9 Å². The van der Waals surface area contributed by atoms with Crippen molar-refractivity contribution in [3.63, 3.8) is 0 Å². The molecule has 92 valence electrons. The number of carbonyl (C=O) groups is 1. The molecular formula is C10H9NaO5S2. The monoisotopic (exact) mass is 296 g/mol. The predicted molar refractivity (Wildman–Crippen MR) is 64.4 cm³/mol. The average Bonchev–Trinajstić information content (AvgIpc) is 2.55.